The number of primary amides is 1. The molecule has 2 saturated heterocycles. The summed E-state index contributed by atoms with van der Waals surface area (Å²) in [7, 11) is 0. The fourth-order valence-electron chi connectivity index (χ4n) is 4.89. The average molecular weight is 473 g/mol. The third-order valence-electron chi connectivity index (χ3n) is 6.77. The van der Waals surface area contributed by atoms with E-state index in [4.69, 9.17) is 20.9 Å². The van der Waals surface area contributed by atoms with E-state index in [0.717, 1.165) is 62.2 Å². The van der Waals surface area contributed by atoms with Crippen molar-refractivity contribution in [1.82, 2.24) is 14.1 Å². The molecule has 1 unspecified atom stereocenters. The van der Waals surface area contributed by atoms with Crippen molar-refractivity contribution >= 4 is 29.4 Å². The van der Waals surface area contributed by atoms with Gasteiger partial charge in [-0.05, 0) is 49.1 Å². The largest absolute Gasteiger partial charge is 0.365 e. The van der Waals surface area contributed by atoms with Crippen LogP contribution in [0.2, 0.25) is 0 Å². The van der Waals surface area contributed by atoms with Crippen LogP contribution in [0.5, 0.6) is 0 Å². The molecule has 2 atom stereocenters. The molecule has 1 aliphatic carbocycles. The number of aromatic nitrogens is 2. The third kappa shape index (κ3) is 5.04. The van der Waals surface area contributed by atoms with Crippen LogP contribution < -0.4 is 16.8 Å². The van der Waals surface area contributed by atoms with Crippen LogP contribution in [-0.4, -0.2) is 58.1 Å². The Morgan fingerprint density at radius 2 is 1.82 bits per heavy atom. The summed E-state index contributed by atoms with van der Waals surface area (Å²) in [5.74, 6) is -0.384. The van der Waals surface area contributed by atoms with Crippen LogP contribution in [0.3, 0.4) is 0 Å². The molecule has 2 aromatic rings. The van der Waals surface area contributed by atoms with Gasteiger partial charge in [0.1, 0.15) is 5.56 Å². The maximum atomic E-state index is 12.0. The van der Waals surface area contributed by atoms with Crippen molar-refractivity contribution in [3.63, 3.8) is 0 Å². The van der Waals surface area contributed by atoms with E-state index in [-0.39, 0.29) is 17.9 Å². The Balaban J connectivity index is 1.22. The van der Waals surface area contributed by atoms with Crippen LogP contribution in [0.25, 0.3) is 0 Å². The molecule has 2 aliphatic heterocycles. The molecule has 1 aromatic carbocycles. The van der Waals surface area contributed by atoms with Gasteiger partial charge in [0.05, 0.1) is 19.3 Å². The van der Waals surface area contributed by atoms with E-state index in [1.807, 2.05) is 16.8 Å². The Bertz CT molecular complexity index is 965. The molecule has 3 aliphatic rings. The lowest BCUT2D eigenvalue weighted by Crippen LogP contribution is -2.42. The number of anilines is 2. The quantitative estimate of drug-likeness (QED) is 0.549. The molecule has 5 rings (SSSR count). The Morgan fingerprint density at radius 3 is 2.48 bits per heavy atom. The number of benzene rings is 1. The van der Waals surface area contributed by atoms with Gasteiger partial charge in [-0.1, -0.05) is 12.8 Å². The highest BCUT2D eigenvalue weighted by Crippen LogP contribution is 2.36. The van der Waals surface area contributed by atoms with Gasteiger partial charge in [0, 0.05) is 48.8 Å². The highest BCUT2D eigenvalue weighted by Gasteiger charge is 2.40. The number of nitrogens with one attached hydrogen (secondary N) is 1. The van der Waals surface area contributed by atoms with E-state index in [0.29, 0.717) is 24.6 Å². The highest BCUT2D eigenvalue weighted by molar-refractivity contribution is 7.97. The van der Waals surface area contributed by atoms with Crippen LogP contribution in [0.15, 0.2) is 35.4 Å². The standard InChI is InChI=1S/C23H32N6O3S/c24-19-3-1-2-4-20(19)29-15-18(21(25)30)22(27-29)26-16-5-7-17(8-6-16)33-28-11-9-23(10-12-28)31-13-14-32-23/h5-8,15,19-20H,1-4,9-14,24H2,(H2,25,30)(H,26,27)/t19?,20-/m0/s1. The number of hydrogen-bond acceptors (Lipinski definition) is 8. The van der Waals surface area contributed by atoms with Gasteiger partial charge in [0.25, 0.3) is 5.91 Å². The second kappa shape index (κ2) is 9.63. The molecular formula is C23H32N6O3S. The summed E-state index contributed by atoms with van der Waals surface area (Å²) in [4.78, 5) is 13.2. The summed E-state index contributed by atoms with van der Waals surface area (Å²) in [5.41, 5.74) is 13.2. The third-order valence-corrected chi connectivity index (χ3v) is 7.87. The zero-order valence-electron chi connectivity index (χ0n) is 18.7. The first kappa shape index (κ1) is 22.7. The molecule has 5 N–H and O–H groups in total. The van der Waals surface area contributed by atoms with Crippen LogP contribution in [0.4, 0.5) is 11.5 Å². The molecule has 3 fully saturated rings. The van der Waals surface area contributed by atoms with E-state index < -0.39 is 5.91 Å². The van der Waals surface area contributed by atoms with Gasteiger partial charge in [-0.2, -0.15) is 5.10 Å². The van der Waals surface area contributed by atoms with Crippen molar-refractivity contribution in [2.45, 2.75) is 61.3 Å². The van der Waals surface area contributed by atoms with E-state index in [9.17, 15) is 4.79 Å². The number of carbonyl (C=O) groups is 1. The number of rotatable bonds is 6. The molecular weight excluding hydrogens is 440 g/mol. The number of hydrogen-bond donors (Lipinski definition) is 3. The zero-order valence-corrected chi connectivity index (χ0v) is 19.6. The minimum Gasteiger partial charge on any atom is -0.365 e. The minimum absolute atomic E-state index is 0.0417. The van der Waals surface area contributed by atoms with Gasteiger partial charge in [-0.25, -0.2) is 4.31 Å². The van der Waals surface area contributed by atoms with Crippen molar-refractivity contribution in [2.75, 3.05) is 31.6 Å². The molecule has 1 amide bonds. The molecule has 3 heterocycles. The number of nitrogens with two attached hydrogens (primary N) is 2. The highest BCUT2D eigenvalue weighted by atomic mass is 32.2. The molecule has 1 saturated carbocycles. The minimum atomic E-state index is -0.501. The van der Waals surface area contributed by atoms with Gasteiger partial charge < -0.3 is 26.3 Å². The number of nitrogens with zero attached hydrogens (tertiary/aromatic N) is 3. The number of ether oxygens (including phenoxy) is 2. The lowest BCUT2D eigenvalue weighted by atomic mass is 9.91. The second-order valence-corrected chi connectivity index (χ2v) is 10.2. The zero-order chi connectivity index (χ0) is 22.8. The van der Waals surface area contributed by atoms with Crippen LogP contribution in [0.1, 0.15) is 54.9 Å². The molecule has 0 radical (unpaired) electrons. The first-order valence-corrected chi connectivity index (χ1v) is 12.5. The first-order chi connectivity index (χ1) is 16.0. The fourth-order valence-corrected chi connectivity index (χ4v) is 5.81. The molecule has 178 valence electrons. The van der Waals surface area contributed by atoms with Crippen molar-refractivity contribution in [2.24, 2.45) is 11.5 Å². The summed E-state index contributed by atoms with van der Waals surface area (Å²) in [6.45, 7) is 3.25. The smallest absolute Gasteiger partial charge is 0.254 e. The average Bonchev–Trinajstić information content (AvgIpc) is 3.45. The van der Waals surface area contributed by atoms with Crippen LogP contribution >= 0.6 is 11.9 Å². The molecule has 0 bridgehead atoms. The summed E-state index contributed by atoms with van der Waals surface area (Å²) < 4.78 is 15.8. The molecule has 1 spiro atoms. The number of piperidine rings is 1. The van der Waals surface area contributed by atoms with Gasteiger partial charge in [0.15, 0.2) is 11.6 Å². The van der Waals surface area contributed by atoms with Gasteiger partial charge in [-0.15, -0.1) is 0 Å². The normalized spacial score (nSPS) is 25.4. The summed E-state index contributed by atoms with van der Waals surface area (Å²) in [6.07, 6.45) is 7.69. The van der Waals surface area contributed by atoms with Crippen LogP contribution in [-0.2, 0) is 9.47 Å². The van der Waals surface area contributed by atoms with Gasteiger partial charge >= 0.3 is 0 Å². The summed E-state index contributed by atoms with van der Waals surface area (Å²) in [5, 5.41) is 7.90. The lowest BCUT2D eigenvalue weighted by Gasteiger charge is -2.36. The van der Waals surface area contributed by atoms with E-state index in [2.05, 4.69) is 26.9 Å². The van der Waals surface area contributed by atoms with Crippen LogP contribution in [0, 0.1) is 0 Å². The second-order valence-electron chi connectivity index (χ2n) is 9.03. The van der Waals surface area contributed by atoms with Gasteiger partial charge in [0.2, 0.25) is 0 Å². The number of carbonyl (C=O) groups excluding carboxylic acids is 1. The molecule has 10 heteroatoms. The summed E-state index contributed by atoms with van der Waals surface area (Å²) >= 11 is 1.74. The van der Waals surface area contributed by atoms with Crippen molar-refractivity contribution in [3.05, 3.63) is 36.0 Å². The molecule has 1 aromatic heterocycles. The van der Waals surface area contributed by atoms with Crippen molar-refractivity contribution < 1.29 is 14.3 Å². The maximum Gasteiger partial charge on any atom is 0.254 e. The van der Waals surface area contributed by atoms with Crippen molar-refractivity contribution in [1.29, 1.82) is 0 Å². The Morgan fingerprint density at radius 1 is 1.12 bits per heavy atom. The van der Waals surface area contributed by atoms with E-state index in [1.54, 1.807) is 18.1 Å². The SMILES string of the molecule is NC(=O)c1cn([C@H]2CCCCC2N)nc1Nc1ccc(SN2CCC3(CC2)OCCO3)cc1. The lowest BCUT2D eigenvalue weighted by molar-refractivity contribution is -0.178. The van der Waals surface area contributed by atoms with E-state index >= 15 is 0 Å². The predicted octanol–water partition coefficient (Wildman–Crippen LogP) is 3.01. The monoisotopic (exact) mass is 472 g/mol. The summed E-state index contributed by atoms with van der Waals surface area (Å²) in [6, 6.07) is 8.26. The fraction of sp³-hybridized carbons (Fsp3) is 0.565. The first-order valence-electron chi connectivity index (χ1n) is 11.7. The number of amides is 1. The Hall–Kier alpha value is -2.11. The Kier molecular flexibility index (Phi) is 6.62. The maximum absolute atomic E-state index is 12.0. The molecule has 33 heavy (non-hydrogen) atoms. The topological polar surface area (TPSA) is 121 Å². The molecule has 9 nitrogen and oxygen atoms in total. The van der Waals surface area contributed by atoms with Gasteiger partial charge in [-0.3, -0.25) is 9.48 Å². The Labute approximate surface area is 198 Å². The van der Waals surface area contributed by atoms with E-state index in [1.165, 1.54) is 0 Å². The van der Waals surface area contributed by atoms with Crippen molar-refractivity contribution in [3.8, 4) is 0 Å². The predicted molar refractivity (Wildman–Crippen MR) is 127 cm³/mol.